The van der Waals surface area contributed by atoms with Gasteiger partial charge < -0.3 is 4.74 Å². The third-order valence-electron chi connectivity index (χ3n) is 2.81. The summed E-state index contributed by atoms with van der Waals surface area (Å²) in [6.45, 7) is 4.07. The average Bonchev–Trinajstić information content (AvgIpc) is 2.39. The standard InChI is InChI=1S/C14H16N2O2/c1-9(2)12-8-11(14(17)16-15-12)10-6-4-5-7-13(10)18-3/h4-9H,1-3H3,(H,16,17). The number of ether oxygens (including phenoxy) is 1. The van der Waals surface area contributed by atoms with E-state index in [1.54, 1.807) is 7.11 Å². The van der Waals surface area contributed by atoms with Crippen molar-refractivity contribution in [2.45, 2.75) is 19.8 Å². The van der Waals surface area contributed by atoms with E-state index in [0.717, 1.165) is 11.3 Å². The number of methoxy groups -OCH3 is 1. The lowest BCUT2D eigenvalue weighted by Crippen LogP contribution is -2.13. The van der Waals surface area contributed by atoms with E-state index in [-0.39, 0.29) is 11.5 Å². The third-order valence-corrected chi connectivity index (χ3v) is 2.81. The topological polar surface area (TPSA) is 55.0 Å². The predicted octanol–water partition coefficient (Wildman–Crippen LogP) is 2.57. The zero-order chi connectivity index (χ0) is 13.1. The van der Waals surface area contributed by atoms with Crippen molar-refractivity contribution in [2.75, 3.05) is 7.11 Å². The Morgan fingerprint density at radius 3 is 2.61 bits per heavy atom. The number of hydrogen-bond acceptors (Lipinski definition) is 3. The minimum atomic E-state index is -0.205. The molecule has 4 nitrogen and oxygen atoms in total. The van der Waals surface area contributed by atoms with Crippen molar-refractivity contribution in [3.63, 3.8) is 0 Å². The molecule has 0 aliphatic carbocycles. The van der Waals surface area contributed by atoms with Crippen LogP contribution < -0.4 is 10.3 Å². The quantitative estimate of drug-likeness (QED) is 0.902. The Morgan fingerprint density at radius 2 is 1.94 bits per heavy atom. The van der Waals surface area contributed by atoms with Crippen LogP contribution in [0.5, 0.6) is 5.75 Å². The molecule has 94 valence electrons. The number of H-pyrrole nitrogens is 1. The Balaban J connectivity index is 2.63. The molecule has 2 rings (SSSR count). The summed E-state index contributed by atoms with van der Waals surface area (Å²) in [6, 6.07) is 9.28. The summed E-state index contributed by atoms with van der Waals surface area (Å²) in [5.41, 5.74) is 2.02. The van der Waals surface area contributed by atoms with Gasteiger partial charge in [-0.2, -0.15) is 5.10 Å². The van der Waals surface area contributed by atoms with Gasteiger partial charge in [0.05, 0.1) is 18.4 Å². The maximum atomic E-state index is 11.9. The molecule has 0 unspecified atom stereocenters. The van der Waals surface area contributed by atoms with Gasteiger partial charge in [0, 0.05) is 5.56 Å². The van der Waals surface area contributed by atoms with Crippen LogP contribution in [0.2, 0.25) is 0 Å². The number of para-hydroxylation sites is 1. The van der Waals surface area contributed by atoms with Gasteiger partial charge in [0.1, 0.15) is 5.75 Å². The molecule has 1 aromatic heterocycles. The Morgan fingerprint density at radius 1 is 1.22 bits per heavy atom. The lowest BCUT2D eigenvalue weighted by Gasteiger charge is -2.09. The molecule has 1 heterocycles. The molecular weight excluding hydrogens is 228 g/mol. The molecule has 0 radical (unpaired) electrons. The number of nitrogens with zero attached hydrogens (tertiary/aromatic N) is 1. The number of nitrogens with one attached hydrogen (secondary N) is 1. The number of aromatic amines is 1. The summed E-state index contributed by atoms with van der Waals surface area (Å²) in [5.74, 6) is 0.944. The van der Waals surface area contributed by atoms with E-state index in [2.05, 4.69) is 10.2 Å². The fourth-order valence-electron chi connectivity index (χ4n) is 1.78. The molecule has 0 saturated carbocycles. The zero-order valence-corrected chi connectivity index (χ0v) is 10.7. The molecule has 0 saturated heterocycles. The van der Waals surface area contributed by atoms with Crippen LogP contribution in [0, 0.1) is 0 Å². The fourth-order valence-corrected chi connectivity index (χ4v) is 1.78. The lowest BCUT2D eigenvalue weighted by molar-refractivity contribution is 0.416. The van der Waals surface area contributed by atoms with Crippen LogP contribution in [0.3, 0.4) is 0 Å². The minimum absolute atomic E-state index is 0.205. The minimum Gasteiger partial charge on any atom is -0.496 e. The van der Waals surface area contributed by atoms with Gasteiger partial charge in [-0.3, -0.25) is 4.79 Å². The second-order valence-corrected chi connectivity index (χ2v) is 4.39. The largest absolute Gasteiger partial charge is 0.496 e. The molecule has 0 amide bonds. The van der Waals surface area contributed by atoms with Crippen molar-refractivity contribution >= 4 is 0 Å². The average molecular weight is 244 g/mol. The van der Waals surface area contributed by atoms with Crippen LogP contribution in [0.1, 0.15) is 25.5 Å². The van der Waals surface area contributed by atoms with E-state index in [1.165, 1.54) is 0 Å². The number of rotatable bonds is 3. The highest BCUT2D eigenvalue weighted by atomic mass is 16.5. The second-order valence-electron chi connectivity index (χ2n) is 4.39. The molecule has 1 N–H and O–H groups in total. The predicted molar refractivity (Wildman–Crippen MR) is 70.9 cm³/mol. The Hall–Kier alpha value is -2.10. The monoisotopic (exact) mass is 244 g/mol. The van der Waals surface area contributed by atoms with Gasteiger partial charge in [-0.1, -0.05) is 32.0 Å². The Bertz CT molecular complexity index is 603. The highest BCUT2D eigenvalue weighted by Gasteiger charge is 2.11. The first-order valence-corrected chi connectivity index (χ1v) is 5.86. The maximum absolute atomic E-state index is 11.9. The Kier molecular flexibility index (Phi) is 3.46. The van der Waals surface area contributed by atoms with Gasteiger partial charge >= 0.3 is 0 Å². The van der Waals surface area contributed by atoms with Gasteiger partial charge in [0.2, 0.25) is 0 Å². The molecule has 0 atom stereocenters. The van der Waals surface area contributed by atoms with E-state index in [9.17, 15) is 4.79 Å². The van der Waals surface area contributed by atoms with Crippen LogP contribution in [0.4, 0.5) is 0 Å². The van der Waals surface area contributed by atoms with Crippen LogP contribution in [-0.4, -0.2) is 17.3 Å². The van der Waals surface area contributed by atoms with Crippen molar-refractivity contribution in [1.82, 2.24) is 10.2 Å². The second kappa shape index (κ2) is 5.04. The first kappa shape index (κ1) is 12.4. The van der Waals surface area contributed by atoms with Crippen LogP contribution >= 0.6 is 0 Å². The molecule has 0 fully saturated rings. The highest BCUT2D eigenvalue weighted by molar-refractivity contribution is 5.69. The molecule has 18 heavy (non-hydrogen) atoms. The first-order valence-electron chi connectivity index (χ1n) is 5.86. The molecule has 0 bridgehead atoms. The number of hydrogen-bond donors (Lipinski definition) is 1. The molecule has 0 spiro atoms. The number of aromatic nitrogens is 2. The van der Waals surface area contributed by atoms with Crippen molar-refractivity contribution in [2.24, 2.45) is 0 Å². The smallest absolute Gasteiger partial charge is 0.272 e. The van der Waals surface area contributed by atoms with Gasteiger partial charge in [0.25, 0.3) is 5.56 Å². The van der Waals surface area contributed by atoms with Crippen molar-refractivity contribution in [1.29, 1.82) is 0 Å². The summed E-state index contributed by atoms with van der Waals surface area (Å²) in [5, 5.41) is 6.58. The highest BCUT2D eigenvalue weighted by Crippen LogP contribution is 2.27. The van der Waals surface area contributed by atoms with Gasteiger partial charge in [-0.25, -0.2) is 5.10 Å². The molecule has 0 aliphatic rings. The van der Waals surface area contributed by atoms with Crippen molar-refractivity contribution < 1.29 is 4.74 Å². The molecule has 2 aromatic rings. The third kappa shape index (κ3) is 2.27. The molecule has 0 aliphatic heterocycles. The van der Waals surface area contributed by atoms with E-state index < -0.39 is 0 Å². The molecular formula is C14H16N2O2. The normalized spacial score (nSPS) is 10.7. The molecule has 1 aromatic carbocycles. The summed E-state index contributed by atoms with van der Waals surface area (Å²) >= 11 is 0. The maximum Gasteiger partial charge on any atom is 0.272 e. The van der Waals surface area contributed by atoms with E-state index in [1.807, 2.05) is 44.2 Å². The van der Waals surface area contributed by atoms with Crippen LogP contribution in [-0.2, 0) is 0 Å². The van der Waals surface area contributed by atoms with Crippen molar-refractivity contribution in [3.05, 3.63) is 46.4 Å². The van der Waals surface area contributed by atoms with Gasteiger partial charge in [0.15, 0.2) is 0 Å². The van der Waals surface area contributed by atoms with Crippen LogP contribution in [0.25, 0.3) is 11.1 Å². The first-order chi connectivity index (χ1) is 8.63. The lowest BCUT2D eigenvalue weighted by atomic mass is 10.0. The fraction of sp³-hybridized carbons (Fsp3) is 0.286. The van der Waals surface area contributed by atoms with Gasteiger partial charge in [-0.05, 0) is 18.1 Å². The Labute approximate surface area is 106 Å². The van der Waals surface area contributed by atoms with E-state index >= 15 is 0 Å². The number of benzene rings is 1. The van der Waals surface area contributed by atoms with Gasteiger partial charge in [-0.15, -0.1) is 0 Å². The van der Waals surface area contributed by atoms with Crippen LogP contribution in [0.15, 0.2) is 35.1 Å². The summed E-state index contributed by atoms with van der Waals surface area (Å²) in [4.78, 5) is 11.9. The summed E-state index contributed by atoms with van der Waals surface area (Å²) < 4.78 is 5.28. The van der Waals surface area contributed by atoms with Crippen molar-refractivity contribution in [3.8, 4) is 16.9 Å². The SMILES string of the molecule is COc1ccccc1-c1cc(C(C)C)n[nH]c1=O. The van der Waals surface area contributed by atoms with E-state index in [0.29, 0.717) is 11.3 Å². The van der Waals surface area contributed by atoms with E-state index in [4.69, 9.17) is 4.74 Å². The summed E-state index contributed by atoms with van der Waals surface area (Å²) in [7, 11) is 1.59. The molecule has 4 heteroatoms. The zero-order valence-electron chi connectivity index (χ0n) is 10.7. The summed E-state index contributed by atoms with van der Waals surface area (Å²) in [6.07, 6.45) is 0.